The summed E-state index contributed by atoms with van der Waals surface area (Å²) in [6.07, 6.45) is 4.17. The van der Waals surface area contributed by atoms with E-state index in [0.29, 0.717) is 6.04 Å². The minimum Gasteiger partial charge on any atom is -0.378 e. The Balaban J connectivity index is 1.79. The molecular weight excluding hydrogens is 250 g/mol. The molecule has 1 unspecified atom stereocenters. The molecule has 0 aliphatic carbocycles. The highest BCUT2D eigenvalue weighted by Gasteiger charge is 2.26. The minimum absolute atomic E-state index is 0.486. The Kier molecular flexibility index (Phi) is 3.74. The topological polar surface area (TPSA) is 32.5 Å². The lowest BCUT2D eigenvalue weighted by molar-refractivity contribution is 0.217. The van der Waals surface area contributed by atoms with Crippen LogP contribution in [-0.4, -0.2) is 30.7 Å². The highest BCUT2D eigenvalue weighted by Crippen LogP contribution is 2.34. The van der Waals surface area contributed by atoms with Crippen molar-refractivity contribution in [2.75, 3.05) is 25.5 Å². The third-order valence-corrected chi connectivity index (χ3v) is 3.99. The van der Waals surface area contributed by atoms with E-state index in [0.717, 1.165) is 18.8 Å². The van der Waals surface area contributed by atoms with E-state index < -0.39 is 0 Å². The number of aromatic nitrogens is 1. The molecule has 1 aromatic heterocycles. The van der Waals surface area contributed by atoms with Gasteiger partial charge in [0.15, 0.2) is 5.76 Å². The van der Waals surface area contributed by atoms with Crippen LogP contribution in [0.3, 0.4) is 0 Å². The van der Waals surface area contributed by atoms with Crippen molar-refractivity contribution < 1.29 is 4.52 Å². The first-order valence-corrected chi connectivity index (χ1v) is 7.15. The lowest BCUT2D eigenvalue weighted by Crippen LogP contribution is -2.22. The van der Waals surface area contributed by atoms with Gasteiger partial charge in [0.05, 0.1) is 12.7 Å². The summed E-state index contributed by atoms with van der Waals surface area (Å²) in [5.74, 6) is 0.945. The molecule has 1 aliphatic heterocycles. The molecule has 2 aromatic rings. The van der Waals surface area contributed by atoms with E-state index in [9.17, 15) is 0 Å². The molecule has 0 amide bonds. The van der Waals surface area contributed by atoms with Gasteiger partial charge in [0.1, 0.15) is 0 Å². The fourth-order valence-corrected chi connectivity index (χ4v) is 2.93. The Bertz CT molecular complexity index is 551. The van der Waals surface area contributed by atoms with Crippen LogP contribution in [-0.2, 0) is 6.54 Å². The molecule has 0 radical (unpaired) electrons. The van der Waals surface area contributed by atoms with Crippen LogP contribution in [0.1, 0.15) is 30.2 Å². The third-order valence-electron chi connectivity index (χ3n) is 3.99. The summed E-state index contributed by atoms with van der Waals surface area (Å²) in [7, 11) is 4.17. The highest BCUT2D eigenvalue weighted by molar-refractivity contribution is 5.48. The number of hydrogen-bond acceptors (Lipinski definition) is 4. The maximum absolute atomic E-state index is 5.24. The van der Waals surface area contributed by atoms with Crippen LogP contribution in [0.25, 0.3) is 0 Å². The van der Waals surface area contributed by atoms with Gasteiger partial charge in [-0.1, -0.05) is 17.3 Å². The van der Waals surface area contributed by atoms with Crippen LogP contribution in [0.4, 0.5) is 5.69 Å². The normalized spacial score (nSPS) is 19.4. The van der Waals surface area contributed by atoms with Gasteiger partial charge >= 0.3 is 0 Å². The number of hydrogen-bond donors (Lipinski definition) is 0. The fraction of sp³-hybridized carbons (Fsp3) is 0.438. The molecule has 1 atom stereocenters. The summed E-state index contributed by atoms with van der Waals surface area (Å²) in [5.41, 5.74) is 2.65. The summed E-state index contributed by atoms with van der Waals surface area (Å²) in [6, 6.07) is 11.3. The van der Waals surface area contributed by atoms with E-state index in [1.165, 1.54) is 24.1 Å². The zero-order valence-electron chi connectivity index (χ0n) is 12.1. The number of nitrogens with zero attached hydrogens (tertiary/aromatic N) is 3. The van der Waals surface area contributed by atoms with Gasteiger partial charge in [-0.3, -0.25) is 4.90 Å². The van der Waals surface area contributed by atoms with Crippen LogP contribution in [0, 0.1) is 0 Å². The molecule has 2 heterocycles. The average molecular weight is 271 g/mol. The molecule has 106 valence electrons. The van der Waals surface area contributed by atoms with Crippen molar-refractivity contribution in [1.29, 1.82) is 0 Å². The first-order valence-electron chi connectivity index (χ1n) is 7.15. The number of anilines is 1. The first kappa shape index (κ1) is 13.2. The number of likely N-dealkylation sites (tertiary alicyclic amines) is 1. The average Bonchev–Trinajstić information content (AvgIpc) is 3.11. The third kappa shape index (κ3) is 2.70. The second-order valence-electron chi connectivity index (χ2n) is 5.60. The zero-order valence-corrected chi connectivity index (χ0v) is 12.1. The Morgan fingerprint density at radius 3 is 3.00 bits per heavy atom. The van der Waals surface area contributed by atoms with Crippen LogP contribution < -0.4 is 4.90 Å². The molecule has 0 spiro atoms. The second-order valence-corrected chi connectivity index (χ2v) is 5.60. The molecule has 0 N–H and O–H groups in total. The van der Waals surface area contributed by atoms with Crippen LogP contribution in [0.2, 0.25) is 0 Å². The molecule has 1 aromatic carbocycles. The molecule has 20 heavy (non-hydrogen) atoms. The van der Waals surface area contributed by atoms with Gasteiger partial charge in [-0.15, -0.1) is 0 Å². The van der Waals surface area contributed by atoms with Crippen molar-refractivity contribution in [2.45, 2.75) is 25.4 Å². The summed E-state index contributed by atoms with van der Waals surface area (Å²) < 4.78 is 5.24. The maximum Gasteiger partial charge on any atom is 0.150 e. The van der Waals surface area contributed by atoms with E-state index in [2.05, 4.69) is 53.3 Å². The summed E-state index contributed by atoms with van der Waals surface area (Å²) in [5, 5.41) is 3.79. The van der Waals surface area contributed by atoms with Crippen molar-refractivity contribution in [2.24, 2.45) is 0 Å². The molecule has 1 fully saturated rings. The molecular formula is C16H21N3O. The van der Waals surface area contributed by atoms with Crippen LogP contribution >= 0.6 is 0 Å². The van der Waals surface area contributed by atoms with E-state index in [1.807, 2.05) is 6.07 Å². The highest BCUT2D eigenvalue weighted by atomic mass is 16.5. The van der Waals surface area contributed by atoms with Crippen LogP contribution in [0.5, 0.6) is 0 Å². The molecule has 3 rings (SSSR count). The van der Waals surface area contributed by atoms with Crippen molar-refractivity contribution in [1.82, 2.24) is 10.1 Å². The Morgan fingerprint density at radius 1 is 1.35 bits per heavy atom. The fourth-order valence-electron chi connectivity index (χ4n) is 2.93. The van der Waals surface area contributed by atoms with Crippen molar-refractivity contribution in [3.05, 3.63) is 47.9 Å². The summed E-state index contributed by atoms with van der Waals surface area (Å²) in [6.45, 7) is 1.97. The van der Waals surface area contributed by atoms with Gasteiger partial charge in [-0.05, 0) is 37.1 Å². The van der Waals surface area contributed by atoms with Gasteiger partial charge in [0.2, 0.25) is 0 Å². The molecule has 0 saturated carbocycles. The van der Waals surface area contributed by atoms with E-state index >= 15 is 0 Å². The predicted octanol–water partition coefficient (Wildman–Crippen LogP) is 3.08. The van der Waals surface area contributed by atoms with E-state index in [-0.39, 0.29) is 0 Å². The van der Waals surface area contributed by atoms with Gasteiger partial charge < -0.3 is 9.42 Å². The van der Waals surface area contributed by atoms with Gasteiger partial charge in [0, 0.05) is 31.9 Å². The summed E-state index contributed by atoms with van der Waals surface area (Å²) >= 11 is 0. The Hall–Kier alpha value is -1.81. The molecule has 1 aliphatic rings. The number of rotatable bonds is 4. The van der Waals surface area contributed by atoms with Crippen molar-refractivity contribution in [3.8, 4) is 0 Å². The van der Waals surface area contributed by atoms with E-state index in [1.54, 1.807) is 6.20 Å². The number of benzene rings is 1. The monoisotopic (exact) mass is 271 g/mol. The molecule has 1 saturated heterocycles. The SMILES string of the molecule is CN(C)c1cccc(C2CCCN2Cc2ccno2)c1. The van der Waals surface area contributed by atoms with Gasteiger partial charge in [-0.2, -0.15) is 0 Å². The maximum atomic E-state index is 5.24. The van der Waals surface area contributed by atoms with Crippen molar-refractivity contribution >= 4 is 5.69 Å². The first-order chi connectivity index (χ1) is 9.74. The molecule has 4 heteroatoms. The zero-order chi connectivity index (χ0) is 13.9. The smallest absolute Gasteiger partial charge is 0.150 e. The van der Waals surface area contributed by atoms with E-state index in [4.69, 9.17) is 4.52 Å². The lowest BCUT2D eigenvalue weighted by Gasteiger charge is -2.24. The van der Waals surface area contributed by atoms with Crippen molar-refractivity contribution in [3.63, 3.8) is 0 Å². The Labute approximate surface area is 120 Å². The van der Waals surface area contributed by atoms with Gasteiger partial charge in [-0.25, -0.2) is 0 Å². The standard InChI is InChI=1S/C16H21N3O/c1-18(2)14-6-3-5-13(11-14)16-7-4-10-19(16)12-15-8-9-17-20-15/h3,5-6,8-9,11,16H,4,7,10,12H2,1-2H3. The predicted molar refractivity (Wildman–Crippen MR) is 79.7 cm³/mol. The van der Waals surface area contributed by atoms with Crippen LogP contribution in [0.15, 0.2) is 41.1 Å². The molecule has 0 bridgehead atoms. The van der Waals surface area contributed by atoms with Gasteiger partial charge in [0.25, 0.3) is 0 Å². The minimum atomic E-state index is 0.486. The summed E-state index contributed by atoms with van der Waals surface area (Å²) in [4.78, 5) is 4.63. The largest absolute Gasteiger partial charge is 0.378 e. The lowest BCUT2D eigenvalue weighted by atomic mass is 10.0. The quantitative estimate of drug-likeness (QED) is 0.855. The Morgan fingerprint density at radius 2 is 2.25 bits per heavy atom. The molecule has 4 nitrogen and oxygen atoms in total. The second kappa shape index (κ2) is 5.67.